The Balaban J connectivity index is 0. The molecule has 0 aromatic carbocycles. The van der Waals surface area contributed by atoms with Crippen LogP contribution in [0.2, 0.25) is 0 Å². The van der Waals surface area contributed by atoms with E-state index in [2.05, 4.69) is 35.2 Å². The predicted octanol–water partition coefficient (Wildman–Crippen LogP) is 7.31. The highest BCUT2D eigenvalue weighted by Gasteiger charge is 2.08. The van der Waals surface area contributed by atoms with Crippen molar-refractivity contribution in [1.29, 1.82) is 0 Å². The second kappa shape index (κ2) is 24.4. The molecule has 0 rings (SSSR count). The first-order valence-electron chi connectivity index (χ1n) is 10.4. The van der Waals surface area contributed by atoms with Crippen LogP contribution >= 0.6 is 21.6 Å². The standard InChI is InChI=1S/C21H43O2P.ClH/c1-3-5-14-18-22-21(23-19-15-6-4-2)17-13-11-9-7-8-10-12-16-20-24;/h8,10,21H,3-7,9,11-20,24H2,1-2H3;1H/b10-8+;. The first-order valence-corrected chi connectivity index (χ1v) is 11.2. The fourth-order valence-corrected chi connectivity index (χ4v) is 2.81. The summed E-state index contributed by atoms with van der Waals surface area (Å²) in [7, 11) is 2.79. The number of rotatable bonds is 19. The molecule has 152 valence electrons. The quantitative estimate of drug-likeness (QED) is 0.0989. The predicted molar refractivity (Wildman–Crippen MR) is 118 cm³/mol. The molecule has 0 amide bonds. The maximum atomic E-state index is 5.96. The molecule has 0 fully saturated rings. The maximum absolute atomic E-state index is 5.96. The molecule has 0 N–H and O–H groups in total. The minimum atomic E-state index is 0. The van der Waals surface area contributed by atoms with Gasteiger partial charge in [-0.2, -0.15) is 0 Å². The van der Waals surface area contributed by atoms with Crippen molar-refractivity contribution < 1.29 is 9.47 Å². The average molecular weight is 395 g/mol. The molecule has 0 aromatic rings. The smallest absolute Gasteiger partial charge is 0.157 e. The molecule has 0 radical (unpaired) electrons. The van der Waals surface area contributed by atoms with Crippen LogP contribution in [0.25, 0.3) is 0 Å². The lowest BCUT2D eigenvalue weighted by Gasteiger charge is -2.18. The van der Waals surface area contributed by atoms with Gasteiger partial charge in [0.25, 0.3) is 0 Å². The number of ether oxygens (including phenoxy) is 2. The Kier molecular flexibility index (Phi) is 26.9. The van der Waals surface area contributed by atoms with E-state index in [1.807, 2.05) is 0 Å². The summed E-state index contributed by atoms with van der Waals surface area (Å²) >= 11 is 0. The summed E-state index contributed by atoms with van der Waals surface area (Å²) in [5, 5.41) is 0. The van der Waals surface area contributed by atoms with Crippen LogP contribution in [-0.2, 0) is 9.47 Å². The van der Waals surface area contributed by atoms with Crippen molar-refractivity contribution in [1.82, 2.24) is 0 Å². The highest BCUT2D eigenvalue weighted by molar-refractivity contribution is 7.16. The van der Waals surface area contributed by atoms with E-state index >= 15 is 0 Å². The number of allylic oxidation sites excluding steroid dienone is 2. The Morgan fingerprint density at radius 2 is 1.28 bits per heavy atom. The molecule has 0 saturated heterocycles. The lowest BCUT2D eigenvalue weighted by Crippen LogP contribution is -2.19. The second-order valence-corrected chi connectivity index (χ2v) is 7.20. The van der Waals surface area contributed by atoms with E-state index in [0.29, 0.717) is 0 Å². The van der Waals surface area contributed by atoms with E-state index in [9.17, 15) is 0 Å². The van der Waals surface area contributed by atoms with Gasteiger partial charge in [-0.05, 0) is 57.5 Å². The lowest BCUT2D eigenvalue weighted by molar-refractivity contribution is -0.148. The molecule has 0 aliphatic rings. The monoisotopic (exact) mass is 394 g/mol. The summed E-state index contributed by atoms with van der Waals surface area (Å²) in [6.07, 6.45) is 21.8. The first-order chi connectivity index (χ1) is 11.8. The van der Waals surface area contributed by atoms with Crippen LogP contribution in [0.15, 0.2) is 12.2 Å². The molecule has 0 aliphatic carbocycles. The van der Waals surface area contributed by atoms with Crippen LogP contribution in [0.5, 0.6) is 0 Å². The van der Waals surface area contributed by atoms with Gasteiger partial charge in [-0.3, -0.25) is 0 Å². The zero-order valence-corrected chi connectivity index (χ0v) is 18.8. The van der Waals surface area contributed by atoms with Gasteiger partial charge in [0.2, 0.25) is 0 Å². The lowest BCUT2D eigenvalue weighted by atomic mass is 10.1. The third-order valence-corrected chi connectivity index (χ3v) is 4.56. The van der Waals surface area contributed by atoms with E-state index in [-0.39, 0.29) is 18.7 Å². The summed E-state index contributed by atoms with van der Waals surface area (Å²) in [6, 6.07) is 0. The Morgan fingerprint density at radius 1 is 0.720 bits per heavy atom. The third kappa shape index (κ3) is 22.3. The van der Waals surface area contributed by atoms with Gasteiger partial charge in [0.1, 0.15) is 0 Å². The molecule has 0 bridgehead atoms. The average Bonchev–Trinajstić information content (AvgIpc) is 2.60. The Bertz CT molecular complexity index is 250. The largest absolute Gasteiger partial charge is 0.353 e. The molecule has 1 atom stereocenters. The van der Waals surface area contributed by atoms with Crippen LogP contribution in [0, 0.1) is 0 Å². The first kappa shape index (κ1) is 27.6. The zero-order valence-electron chi connectivity index (χ0n) is 16.8. The number of unbranched alkanes of at least 4 members (excludes halogenated alkanes) is 8. The highest BCUT2D eigenvalue weighted by atomic mass is 35.5. The molecule has 2 nitrogen and oxygen atoms in total. The van der Waals surface area contributed by atoms with Crippen LogP contribution in [0.1, 0.15) is 97.3 Å². The van der Waals surface area contributed by atoms with Crippen molar-refractivity contribution in [2.45, 2.75) is 104 Å². The molecule has 0 heterocycles. The summed E-state index contributed by atoms with van der Waals surface area (Å²) in [5.74, 6) is 0. The number of halogens is 1. The van der Waals surface area contributed by atoms with Crippen molar-refractivity contribution >= 4 is 21.6 Å². The Labute approximate surface area is 166 Å². The van der Waals surface area contributed by atoms with Crippen molar-refractivity contribution in [3.8, 4) is 0 Å². The summed E-state index contributed by atoms with van der Waals surface area (Å²) in [6.45, 7) is 6.16. The summed E-state index contributed by atoms with van der Waals surface area (Å²) in [5.41, 5.74) is 0. The maximum Gasteiger partial charge on any atom is 0.157 e. The van der Waals surface area contributed by atoms with Gasteiger partial charge < -0.3 is 9.47 Å². The molecule has 0 aromatic heterocycles. The number of hydrogen-bond acceptors (Lipinski definition) is 2. The molecule has 25 heavy (non-hydrogen) atoms. The van der Waals surface area contributed by atoms with E-state index in [1.165, 1.54) is 70.4 Å². The SMILES string of the molecule is CCCCCOC(CCCCC/C=C/CCCP)OCCCCC.Cl. The summed E-state index contributed by atoms with van der Waals surface area (Å²) in [4.78, 5) is 0. The minimum Gasteiger partial charge on any atom is -0.353 e. The van der Waals surface area contributed by atoms with Crippen molar-refractivity contribution in [3.63, 3.8) is 0 Å². The minimum absolute atomic E-state index is 0. The van der Waals surface area contributed by atoms with Gasteiger partial charge >= 0.3 is 0 Å². The van der Waals surface area contributed by atoms with Gasteiger partial charge in [-0.15, -0.1) is 21.6 Å². The molecule has 0 aliphatic heterocycles. The van der Waals surface area contributed by atoms with Gasteiger partial charge in [0, 0.05) is 13.2 Å². The second-order valence-electron chi connectivity index (χ2n) is 6.63. The van der Waals surface area contributed by atoms with Gasteiger partial charge in [0.15, 0.2) is 6.29 Å². The Morgan fingerprint density at radius 3 is 1.80 bits per heavy atom. The zero-order chi connectivity index (χ0) is 17.7. The van der Waals surface area contributed by atoms with Crippen molar-refractivity contribution in [2.75, 3.05) is 19.4 Å². The topological polar surface area (TPSA) is 18.5 Å². The van der Waals surface area contributed by atoms with Crippen LogP contribution in [0.4, 0.5) is 0 Å². The van der Waals surface area contributed by atoms with E-state index in [4.69, 9.17) is 9.47 Å². The highest BCUT2D eigenvalue weighted by Crippen LogP contribution is 2.12. The van der Waals surface area contributed by atoms with Crippen molar-refractivity contribution in [2.24, 2.45) is 0 Å². The van der Waals surface area contributed by atoms with Gasteiger partial charge in [0.05, 0.1) is 0 Å². The molecule has 0 spiro atoms. The number of hydrogen-bond donors (Lipinski definition) is 0. The van der Waals surface area contributed by atoms with Crippen LogP contribution in [0.3, 0.4) is 0 Å². The van der Waals surface area contributed by atoms with Crippen LogP contribution < -0.4 is 0 Å². The fraction of sp³-hybridized carbons (Fsp3) is 0.905. The normalized spacial score (nSPS) is 11.4. The van der Waals surface area contributed by atoms with Gasteiger partial charge in [-0.1, -0.05) is 58.1 Å². The third-order valence-electron chi connectivity index (χ3n) is 4.16. The van der Waals surface area contributed by atoms with E-state index < -0.39 is 0 Å². The molecule has 0 saturated carbocycles. The molecular formula is C21H44ClO2P. The molecule has 1 unspecified atom stereocenters. The molecule has 4 heteroatoms. The van der Waals surface area contributed by atoms with E-state index in [1.54, 1.807) is 0 Å². The van der Waals surface area contributed by atoms with E-state index in [0.717, 1.165) is 32.5 Å². The fourth-order valence-electron chi connectivity index (χ4n) is 2.57. The Hall–Kier alpha value is 0.380. The summed E-state index contributed by atoms with van der Waals surface area (Å²) < 4.78 is 11.9. The van der Waals surface area contributed by atoms with Crippen LogP contribution in [-0.4, -0.2) is 25.7 Å². The van der Waals surface area contributed by atoms with Crippen molar-refractivity contribution in [3.05, 3.63) is 12.2 Å². The molecular weight excluding hydrogens is 351 g/mol. The van der Waals surface area contributed by atoms with Gasteiger partial charge in [-0.25, -0.2) is 0 Å².